The van der Waals surface area contributed by atoms with Crippen LogP contribution >= 0.6 is 0 Å². The Labute approximate surface area is 149 Å². The first-order valence-electron chi connectivity index (χ1n) is 9.02. The van der Waals surface area contributed by atoms with Crippen molar-refractivity contribution in [1.82, 2.24) is 9.80 Å². The van der Waals surface area contributed by atoms with Crippen molar-refractivity contribution in [3.8, 4) is 11.5 Å². The molecule has 0 radical (unpaired) electrons. The zero-order valence-corrected chi connectivity index (χ0v) is 15.2. The summed E-state index contributed by atoms with van der Waals surface area (Å²) in [6, 6.07) is 5.65. The summed E-state index contributed by atoms with van der Waals surface area (Å²) in [5, 5.41) is 0. The summed E-state index contributed by atoms with van der Waals surface area (Å²) in [6.45, 7) is 5.33. The van der Waals surface area contributed by atoms with Crippen LogP contribution in [-0.4, -0.2) is 75.4 Å². The third kappa shape index (κ3) is 4.64. The summed E-state index contributed by atoms with van der Waals surface area (Å²) >= 11 is 0. The monoisotopic (exact) mass is 348 g/mol. The number of nitrogens with zero attached hydrogens (tertiary/aromatic N) is 2. The molecule has 1 atom stereocenters. The Balaban J connectivity index is 1.49. The molecule has 2 aliphatic heterocycles. The van der Waals surface area contributed by atoms with Gasteiger partial charge >= 0.3 is 0 Å². The third-order valence-electron chi connectivity index (χ3n) is 5.01. The van der Waals surface area contributed by atoms with E-state index in [0.29, 0.717) is 24.0 Å². The van der Waals surface area contributed by atoms with Gasteiger partial charge in [0.25, 0.3) is 0 Å². The van der Waals surface area contributed by atoms with Crippen LogP contribution in [0.1, 0.15) is 18.4 Å². The molecular weight excluding hydrogens is 320 g/mol. The topological polar surface area (TPSA) is 51.2 Å². The minimum absolute atomic E-state index is 0.170. The third-order valence-corrected chi connectivity index (χ3v) is 5.01. The maximum Gasteiger partial charge on any atom is 0.227 e. The van der Waals surface area contributed by atoms with E-state index in [9.17, 15) is 4.79 Å². The van der Waals surface area contributed by atoms with Gasteiger partial charge in [-0.05, 0) is 30.5 Å². The second-order valence-electron chi connectivity index (χ2n) is 6.68. The zero-order chi connectivity index (χ0) is 17.6. The Hall–Kier alpha value is -1.79. The van der Waals surface area contributed by atoms with E-state index in [1.807, 2.05) is 23.1 Å². The number of amides is 1. The molecule has 138 valence electrons. The van der Waals surface area contributed by atoms with Gasteiger partial charge in [0.2, 0.25) is 5.91 Å². The molecule has 1 aromatic rings. The molecule has 25 heavy (non-hydrogen) atoms. The summed E-state index contributed by atoms with van der Waals surface area (Å²) in [6.07, 6.45) is 3.12. The van der Waals surface area contributed by atoms with E-state index in [1.165, 1.54) is 12.8 Å². The number of methoxy groups -OCH3 is 2. The molecule has 3 rings (SSSR count). The standard InChI is InChI=1S/C19H28N2O4/c1-23-17-6-5-15(12-18(17)24-2)13-19(22)21-9-7-20(8-10-21)14-16-4-3-11-25-16/h5-6,12,16H,3-4,7-11,13-14H2,1-2H3. The number of carbonyl (C=O) groups is 1. The smallest absolute Gasteiger partial charge is 0.227 e. The van der Waals surface area contributed by atoms with Gasteiger partial charge in [-0.2, -0.15) is 0 Å². The Morgan fingerprint density at radius 3 is 2.56 bits per heavy atom. The summed E-state index contributed by atoms with van der Waals surface area (Å²) in [5.41, 5.74) is 0.949. The predicted octanol–water partition coefficient (Wildman–Crippen LogP) is 1.57. The zero-order valence-electron chi connectivity index (χ0n) is 15.2. The van der Waals surface area contributed by atoms with Crippen LogP contribution in [-0.2, 0) is 16.0 Å². The van der Waals surface area contributed by atoms with Crippen molar-refractivity contribution in [2.24, 2.45) is 0 Å². The minimum Gasteiger partial charge on any atom is -0.493 e. The maximum absolute atomic E-state index is 12.6. The first kappa shape index (κ1) is 18.0. The first-order chi connectivity index (χ1) is 12.2. The van der Waals surface area contributed by atoms with E-state index in [4.69, 9.17) is 14.2 Å². The highest BCUT2D eigenvalue weighted by Crippen LogP contribution is 2.28. The van der Waals surface area contributed by atoms with Crippen molar-refractivity contribution in [3.05, 3.63) is 23.8 Å². The fraction of sp³-hybridized carbons (Fsp3) is 0.632. The number of piperazine rings is 1. The Morgan fingerprint density at radius 1 is 1.16 bits per heavy atom. The highest BCUT2D eigenvalue weighted by atomic mass is 16.5. The van der Waals surface area contributed by atoms with Gasteiger partial charge in [-0.15, -0.1) is 0 Å². The fourth-order valence-electron chi connectivity index (χ4n) is 3.53. The molecule has 0 bridgehead atoms. The second kappa shape index (κ2) is 8.54. The van der Waals surface area contributed by atoms with E-state index < -0.39 is 0 Å². The van der Waals surface area contributed by atoms with Gasteiger partial charge in [-0.1, -0.05) is 6.07 Å². The van der Waals surface area contributed by atoms with Crippen LogP contribution in [0, 0.1) is 0 Å². The molecule has 0 spiro atoms. The summed E-state index contributed by atoms with van der Waals surface area (Å²) < 4.78 is 16.3. The lowest BCUT2D eigenvalue weighted by molar-refractivity contribution is -0.132. The Morgan fingerprint density at radius 2 is 1.92 bits per heavy atom. The average Bonchev–Trinajstić information content (AvgIpc) is 3.15. The van der Waals surface area contributed by atoms with Gasteiger partial charge in [-0.25, -0.2) is 0 Å². The van der Waals surface area contributed by atoms with Crippen molar-refractivity contribution in [1.29, 1.82) is 0 Å². The Bertz CT molecular complexity index is 579. The molecule has 6 heteroatoms. The molecule has 2 heterocycles. The second-order valence-corrected chi connectivity index (χ2v) is 6.68. The normalized spacial score (nSPS) is 21.4. The lowest BCUT2D eigenvalue weighted by Gasteiger charge is -2.35. The average molecular weight is 348 g/mol. The van der Waals surface area contributed by atoms with Crippen molar-refractivity contribution in [2.45, 2.75) is 25.4 Å². The van der Waals surface area contributed by atoms with Crippen molar-refractivity contribution < 1.29 is 19.0 Å². The van der Waals surface area contributed by atoms with E-state index in [1.54, 1.807) is 14.2 Å². The van der Waals surface area contributed by atoms with Gasteiger partial charge < -0.3 is 19.1 Å². The Kier molecular flexibility index (Phi) is 6.15. The van der Waals surface area contributed by atoms with E-state index in [0.717, 1.165) is 44.9 Å². The van der Waals surface area contributed by atoms with E-state index in [-0.39, 0.29) is 5.91 Å². The molecule has 2 aliphatic rings. The molecule has 0 aliphatic carbocycles. The summed E-state index contributed by atoms with van der Waals surface area (Å²) in [5.74, 6) is 1.51. The fourth-order valence-corrected chi connectivity index (χ4v) is 3.53. The highest BCUT2D eigenvalue weighted by molar-refractivity contribution is 5.79. The molecule has 2 saturated heterocycles. The number of carbonyl (C=O) groups excluding carboxylic acids is 1. The number of ether oxygens (including phenoxy) is 3. The molecule has 6 nitrogen and oxygen atoms in total. The number of hydrogen-bond acceptors (Lipinski definition) is 5. The summed E-state index contributed by atoms with van der Waals surface area (Å²) in [4.78, 5) is 17.0. The lowest BCUT2D eigenvalue weighted by atomic mass is 10.1. The van der Waals surface area contributed by atoms with Gasteiger partial charge in [0, 0.05) is 39.3 Å². The number of benzene rings is 1. The van der Waals surface area contributed by atoms with Crippen molar-refractivity contribution >= 4 is 5.91 Å². The first-order valence-corrected chi connectivity index (χ1v) is 9.02. The van der Waals surface area contributed by atoms with Crippen LogP contribution in [0.15, 0.2) is 18.2 Å². The largest absolute Gasteiger partial charge is 0.493 e. The molecule has 0 N–H and O–H groups in total. The predicted molar refractivity (Wildman–Crippen MR) is 95.2 cm³/mol. The van der Waals surface area contributed by atoms with E-state index in [2.05, 4.69) is 4.90 Å². The van der Waals surface area contributed by atoms with Crippen LogP contribution < -0.4 is 9.47 Å². The molecule has 1 amide bonds. The summed E-state index contributed by atoms with van der Waals surface area (Å²) in [7, 11) is 3.22. The molecular formula is C19H28N2O4. The van der Waals surface area contributed by atoms with Crippen molar-refractivity contribution in [2.75, 3.05) is 53.6 Å². The number of rotatable bonds is 6. The van der Waals surface area contributed by atoms with Crippen LogP contribution in [0.25, 0.3) is 0 Å². The maximum atomic E-state index is 12.6. The molecule has 1 aromatic carbocycles. The molecule has 1 unspecified atom stereocenters. The molecule has 0 saturated carbocycles. The van der Waals surface area contributed by atoms with Crippen molar-refractivity contribution in [3.63, 3.8) is 0 Å². The van der Waals surface area contributed by atoms with E-state index >= 15 is 0 Å². The quantitative estimate of drug-likeness (QED) is 0.781. The number of hydrogen-bond donors (Lipinski definition) is 0. The van der Waals surface area contributed by atoms with Crippen LogP contribution in [0.4, 0.5) is 0 Å². The van der Waals surface area contributed by atoms with Gasteiger partial charge in [0.15, 0.2) is 11.5 Å². The highest BCUT2D eigenvalue weighted by Gasteiger charge is 2.25. The van der Waals surface area contributed by atoms with Crippen LogP contribution in [0.5, 0.6) is 11.5 Å². The van der Waals surface area contributed by atoms with Gasteiger partial charge in [-0.3, -0.25) is 9.69 Å². The van der Waals surface area contributed by atoms with Gasteiger partial charge in [0.05, 0.1) is 26.7 Å². The van der Waals surface area contributed by atoms with Crippen LogP contribution in [0.3, 0.4) is 0 Å². The lowest BCUT2D eigenvalue weighted by Crippen LogP contribution is -2.50. The van der Waals surface area contributed by atoms with Gasteiger partial charge in [0.1, 0.15) is 0 Å². The minimum atomic E-state index is 0.170. The SMILES string of the molecule is COc1ccc(CC(=O)N2CCN(CC3CCCO3)CC2)cc1OC. The van der Waals surface area contributed by atoms with Crippen LogP contribution in [0.2, 0.25) is 0 Å². The molecule has 2 fully saturated rings. The molecule has 0 aromatic heterocycles.